The predicted molar refractivity (Wildman–Crippen MR) is 485 cm³/mol. The number of hydrogen-bond acceptors (Lipinski definition) is 22. The zero-order valence-corrected chi connectivity index (χ0v) is 68.6. The molecule has 0 atom stereocenters. The van der Waals surface area contributed by atoms with Gasteiger partial charge in [-0.2, -0.15) is 0 Å². The smallest absolute Gasteiger partial charge is 0.277 e. The fraction of sp³-hybridized carbons (Fsp3) is 0.0777. The average molecular weight is 1680 g/mol. The van der Waals surface area contributed by atoms with Gasteiger partial charge in [-0.05, 0) is 231 Å². The molecule has 10 aromatic rings. The number of nitro benzene ring substituents is 1. The first kappa shape index (κ1) is 82.7. The molecule has 20 rings (SSSR count). The standard InChI is InChI=1S/C21H16O5.2C21H16O4.C20H13NO5.C20H14O4/c1-24-14-5-8-15(18(11-14)25-2)21-16-6-3-12(22)9-19(16)26-20-10-13(23)4-7-17(20)21;1-12-3-8-18(24-2)17(9-12)21-15-6-4-13(22)10-19(15)25-20-11-14(23)5-7-16(20)21;1-12-9-15(24-2)5-8-16(12)21-17-6-3-13(22)10-19(17)25-20-11-14(23)4-7-18(20)21;1-11-2-5-14(17(8-11)21(24)25)20-15-6-3-12(22)9-18(15)26-19-10-13(23)4-7-16(19)20;1-11-8-12(21)2-5-15(11)20-16-6-3-13(22)9-18(16)24-19-10-14(23)4-7-17(19)20/h3-11,22H,1-2H3;2*3-11,22H,1-2H3;2-10,22H,1H3;2-10,21-22H,1H3. The Balaban J connectivity index is 0.000000116. The van der Waals surface area contributed by atoms with Crippen molar-refractivity contribution in [1.29, 1.82) is 0 Å². The summed E-state index contributed by atoms with van der Waals surface area (Å²) in [6.07, 6.45) is 0. The monoisotopic (exact) mass is 1680 g/mol. The van der Waals surface area contributed by atoms with E-state index in [1.165, 1.54) is 91.0 Å². The molecule has 5 aliphatic heterocycles. The van der Waals surface area contributed by atoms with E-state index >= 15 is 0 Å². The molecule has 126 heavy (non-hydrogen) atoms. The molecule has 23 heteroatoms. The summed E-state index contributed by atoms with van der Waals surface area (Å²) in [7, 11) is 6.46. The van der Waals surface area contributed by atoms with Crippen LogP contribution in [0.1, 0.15) is 22.3 Å². The van der Waals surface area contributed by atoms with Gasteiger partial charge in [0.25, 0.3) is 5.69 Å². The summed E-state index contributed by atoms with van der Waals surface area (Å²) in [6.45, 7) is 7.73. The quantitative estimate of drug-likeness (QED) is 0.0421. The van der Waals surface area contributed by atoms with E-state index in [1.807, 2.05) is 87.5 Å². The molecular weight excluding hydrogens is 1600 g/mol. The molecule has 0 bridgehead atoms. The zero-order valence-electron chi connectivity index (χ0n) is 68.6. The van der Waals surface area contributed by atoms with Crippen molar-refractivity contribution in [2.75, 3.05) is 28.4 Å². The third kappa shape index (κ3) is 16.5. The second kappa shape index (κ2) is 34.3. The van der Waals surface area contributed by atoms with Crippen LogP contribution < -0.4 is 46.1 Å². The molecule has 10 aliphatic rings. The number of phenols is 6. The highest BCUT2D eigenvalue weighted by Gasteiger charge is 2.28. The van der Waals surface area contributed by atoms with Crippen molar-refractivity contribution in [1.82, 2.24) is 0 Å². The van der Waals surface area contributed by atoms with E-state index < -0.39 is 4.92 Å². The Morgan fingerprint density at radius 1 is 0.254 bits per heavy atom. The highest BCUT2D eigenvalue weighted by atomic mass is 16.6. The third-order valence-corrected chi connectivity index (χ3v) is 21.5. The Morgan fingerprint density at radius 3 is 0.873 bits per heavy atom. The molecule has 5 heterocycles. The van der Waals surface area contributed by atoms with E-state index in [4.69, 9.17) is 41.0 Å². The van der Waals surface area contributed by atoms with E-state index in [-0.39, 0.29) is 67.3 Å². The molecule has 5 aliphatic carbocycles. The molecule has 0 fully saturated rings. The zero-order chi connectivity index (χ0) is 88.6. The lowest BCUT2D eigenvalue weighted by atomic mass is 9.91. The second-order valence-corrected chi connectivity index (χ2v) is 29.8. The van der Waals surface area contributed by atoms with Crippen LogP contribution in [0.25, 0.3) is 167 Å². The summed E-state index contributed by atoms with van der Waals surface area (Å²) in [5, 5.41) is 74.2. The molecule has 0 saturated carbocycles. The van der Waals surface area contributed by atoms with E-state index in [9.17, 15) is 64.7 Å². The third-order valence-electron chi connectivity index (χ3n) is 21.5. The van der Waals surface area contributed by atoms with Gasteiger partial charge >= 0.3 is 0 Å². The Bertz CT molecular complexity index is 7840. The van der Waals surface area contributed by atoms with Crippen LogP contribution in [0, 0.1) is 37.8 Å². The van der Waals surface area contributed by atoms with Crippen molar-refractivity contribution < 1.29 is 76.6 Å². The maximum atomic E-state index is 11.8. The fourth-order valence-corrected chi connectivity index (χ4v) is 15.7. The average Bonchev–Trinajstić information content (AvgIpc) is 0.774. The Hall–Kier alpha value is -17.0. The Kier molecular flexibility index (Phi) is 22.5. The first-order valence-corrected chi connectivity index (χ1v) is 39.3. The number of fused-ring (bicyclic) bond motifs is 10. The van der Waals surface area contributed by atoms with Crippen molar-refractivity contribution in [2.24, 2.45) is 0 Å². The predicted octanol–water partition coefficient (Wildman–Crippen LogP) is 22.2. The van der Waals surface area contributed by atoms with Crippen molar-refractivity contribution >= 4 is 60.5 Å². The number of aromatic hydroxyl groups is 6. The van der Waals surface area contributed by atoms with Crippen LogP contribution in [0.3, 0.4) is 0 Å². The molecule has 0 aromatic heterocycles. The molecule has 10 aromatic carbocycles. The normalized spacial score (nSPS) is 11.1. The van der Waals surface area contributed by atoms with Gasteiger partial charge in [0.2, 0.25) is 0 Å². The van der Waals surface area contributed by atoms with Gasteiger partial charge in [0.05, 0.1) is 38.9 Å². The molecule has 0 saturated heterocycles. The van der Waals surface area contributed by atoms with E-state index in [2.05, 4.69) is 0 Å². The molecule has 624 valence electrons. The summed E-state index contributed by atoms with van der Waals surface area (Å²) in [4.78, 5) is 70.0. The number of hydrogen-bond donors (Lipinski definition) is 6. The van der Waals surface area contributed by atoms with Gasteiger partial charge in [-0.1, -0.05) is 29.8 Å². The summed E-state index contributed by atoms with van der Waals surface area (Å²) in [5.74, 6) is 5.64. The fourth-order valence-electron chi connectivity index (χ4n) is 15.7. The maximum absolute atomic E-state index is 11.8. The number of benzene rings is 15. The number of nitrogens with zero attached hydrogens (tertiary/aromatic N) is 1. The van der Waals surface area contributed by atoms with Crippen LogP contribution in [-0.4, -0.2) is 64.0 Å². The maximum Gasteiger partial charge on any atom is 0.277 e. The van der Waals surface area contributed by atoms with Crippen LogP contribution in [-0.2, 0) is 0 Å². The van der Waals surface area contributed by atoms with Crippen LogP contribution >= 0.6 is 0 Å². The number of phenolic OH excluding ortho intramolecular Hbond substituents is 6. The van der Waals surface area contributed by atoms with Crippen LogP contribution in [0.15, 0.2) is 319 Å². The topological polar surface area (TPSA) is 352 Å². The largest absolute Gasteiger partial charge is 0.508 e. The van der Waals surface area contributed by atoms with Crippen molar-refractivity contribution in [2.45, 2.75) is 27.7 Å². The first-order chi connectivity index (χ1) is 60.7. The van der Waals surface area contributed by atoms with E-state index in [0.717, 1.165) is 122 Å². The number of aryl methyl sites for hydroxylation is 4. The van der Waals surface area contributed by atoms with Gasteiger partial charge in [-0.15, -0.1) is 0 Å². The lowest BCUT2D eigenvalue weighted by Gasteiger charge is -2.17. The summed E-state index contributed by atoms with van der Waals surface area (Å²) >= 11 is 0. The minimum Gasteiger partial charge on any atom is -0.508 e. The van der Waals surface area contributed by atoms with Crippen molar-refractivity contribution in [3.63, 3.8) is 0 Å². The van der Waals surface area contributed by atoms with Gasteiger partial charge in [-0.25, -0.2) is 0 Å². The van der Waals surface area contributed by atoms with E-state index in [0.29, 0.717) is 90.3 Å². The van der Waals surface area contributed by atoms with Gasteiger partial charge in [0, 0.05) is 166 Å². The molecule has 6 N–H and O–H groups in total. The van der Waals surface area contributed by atoms with E-state index in [1.54, 1.807) is 151 Å². The van der Waals surface area contributed by atoms with Crippen LogP contribution in [0.4, 0.5) is 5.69 Å². The highest BCUT2D eigenvalue weighted by Crippen LogP contribution is 2.50. The number of rotatable bonds is 10. The summed E-state index contributed by atoms with van der Waals surface area (Å²) in [5.41, 5.74) is 17.6. The number of methoxy groups -OCH3 is 4. The molecule has 0 unspecified atom stereocenters. The van der Waals surface area contributed by atoms with Gasteiger partial charge in [0.15, 0.2) is 27.1 Å². The van der Waals surface area contributed by atoms with Gasteiger partial charge < -0.3 is 71.7 Å². The van der Waals surface area contributed by atoms with Crippen LogP contribution in [0.5, 0.6) is 57.5 Å². The minimum atomic E-state index is -0.424. The molecular formula is C103H75NO22. The summed E-state index contributed by atoms with van der Waals surface area (Å²) in [6, 6.07) is 75.3. The molecule has 0 amide bonds. The molecule has 23 nitrogen and oxygen atoms in total. The lowest BCUT2D eigenvalue weighted by Crippen LogP contribution is -2.01. The SMILES string of the molecule is COc1ccc(-c2c3ccc(=O)cc-3oc3cc(O)ccc23)c(C)c1.COc1ccc(-c2c3ccc(=O)cc-3oc3cc(O)ccc23)c(OC)c1.COc1ccc(C)cc1-c1c2ccc(=O)cc-2oc2cc(O)ccc12.Cc1cc(O)ccc1-c1c2ccc(=O)cc-2oc2cc(O)ccc12.Cc1ccc(-c2c3ccc(=O)cc-3oc3cc(O)ccc23)c([N+](=O)[O-])c1. The van der Waals surface area contributed by atoms with Crippen molar-refractivity contribution in [3.05, 3.63) is 356 Å². The Labute approximate surface area is 715 Å². The second-order valence-electron chi connectivity index (χ2n) is 29.8. The van der Waals surface area contributed by atoms with Crippen molar-refractivity contribution in [3.8, 4) is 170 Å². The van der Waals surface area contributed by atoms with Gasteiger partial charge in [0.1, 0.15) is 114 Å². The minimum absolute atomic E-state index is 0.00299. The lowest BCUT2D eigenvalue weighted by molar-refractivity contribution is -0.384. The first-order valence-electron chi connectivity index (χ1n) is 39.3. The summed E-state index contributed by atoms with van der Waals surface area (Å²) < 4.78 is 50.9. The van der Waals surface area contributed by atoms with Gasteiger partial charge in [-0.3, -0.25) is 34.1 Å². The molecule has 0 spiro atoms. The number of nitro groups is 1. The molecule has 0 radical (unpaired) electrons. The number of ether oxygens (including phenoxy) is 4. The Morgan fingerprint density at radius 2 is 0.532 bits per heavy atom. The van der Waals surface area contributed by atoms with Crippen LogP contribution in [0.2, 0.25) is 0 Å². The highest BCUT2D eigenvalue weighted by molar-refractivity contribution is 6.08.